The molecule has 1 aromatic heterocycles. The summed E-state index contributed by atoms with van der Waals surface area (Å²) >= 11 is 5.77. The van der Waals surface area contributed by atoms with Crippen LogP contribution in [0, 0.1) is 0 Å². The fourth-order valence-electron chi connectivity index (χ4n) is 2.90. The smallest absolute Gasteiger partial charge is 0.316 e. The third-order valence-electron chi connectivity index (χ3n) is 4.39. The van der Waals surface area contributed by atoms with Gasteiger partial charge < -0.3 is 4.74 Å². The summed E-state index contributed by atoms with van der Waals surface area (Å²) in [6.45, 7) is 4.92. The summed E-state index contributed by atoms with van der Waals surface area (Å²) in [4.78, 5) is 8.33. The first kappa shape index (κ1) is 19.1. The zero-order valence-corrected chi connectivity index (χ0v) is 16.4. The van der Waals surface area contributed by atoms with Crippen LogP contribution < -0.4 is 4.74 Å². The van der Waals surface area contributed by atoms with Crippen molar-refractivity contribution in [2.45, 2.75) is 43.6 Å². The second-order valence-corrected chi connectivity index (χ2v) is 9.03. The Hall–Kier alpha value is -1.70. The molecule has 2 heterocycles. The van der Waals surface area contributed by atoms with Crippen molar-refractivity contribution in [1.29, 1.82) is 0 Å². The Balaban J connectivity index is 1.72. The maximum Gasteiger partial charge on any atom is 0.316 e. The van der Waals surface area contributed by atoms with Crippen molar-refractivity contribution in [2.24, 2.45) is 0 Å². The molecule has 1 fully saturated rings. The number of halogens is 1. The first-order valence-corrected chi connectivity index (χ1v) is 10.4. The van der Waals surface area contributed by atoms with E-state index in [1.54, 1.807) is 12.1 Å². The lowest BCUT2D eigenvalue weighted by atomic mass is 10.0. The number of rotatable bonds is 5. The maximum absolute atomic E-state index is 12.9. The van der Waals surface area contributed by atoms with Crippen LogP contribution in [0.25, 0.3) is 0 Å². The molecule has 3 rings (SSSR count). The molecule has 6 nitrogen and oxygen atoms in total. The molecule has 0 radical (unpaired) electrons. The SMILES string of the molecule is CC(C)c1ccc(S(=O)(=O)N2CCCC(Oc3ncc(Cl)cn3)C2)cc1. The summed E-state index contributed by atoms with van der Waals surface area (Å²) < 4.78 is 33.1. The van der Waals surface area contributed by atoms with Gasteiger partial charge in [-0.25, -0.2) is 18.4 Å². The molecule has 1 atom stereocenters. The lowest BCUT2D eigenvalue weighted by molar-refractivity contribution is 0.119. The van der Waals surface area contributed by atoms with Crippen LogP contribution in [0.15, 0.2) is 41.6 Å². The van der Waals surface area contributed by atoms with Gasteiger partial charge in [0.15, 0.2) is 0 Å². The fourth-order valence-corrected chi connectivity index (χ4v) is 4.51. The van der Waals surface area contributed by atoms with E-state index in [2.05, 4.69) is 23.8 Å². The highest BCUT2D eigenvalue weighted by molar-refractivity contribution is 7.89. The normalized spacial score (nSPS) is 18.8. The Labute approximate surface area is 159 Å². The van der Waals surface area contributed by atoms with Gasteiger partial charge >= 0.3 is 6.01 Å². The Morgan fingerprint density at radius 1 is 1.19 bits per heavy atom. The molecule has 1 aliphatic heterocycles. The molecular formula is C18H22ClN3O3S. The molecule has 8 heteroatoms. The van der Waals surface area contributed by atoms with Crippen LogP contribution in [0.4, 0.5) is 0 Å². The average molecular weight is 396 g/mol. The second-order valence-electron chi connectivity index (χ2n) is 6.65. The van der Waals surface area contributed by atoms with E-state index in [0.717, 1.165) is 18.4 Å². The number of ether oxygens (including phenoxy) is 1. The minimum Gasteiger partial charge on any atom is -0.459 e. The van der Waals surface area contributed by atoms with Gasteiger partial charge in [-0.15, -0.1) is 0 Å². The molecule has 1 saturated heterocycles. The molecule has 0 saturated carbocycles. The van der Waals surface area contributed by atoms with Crippen molar-refractivity contribution in [3.8, 4) is 6.01 Å². The van der Waals surface area contributed by atoms with Gasteiger partial charge in [-0.3, -0.25) is 0 Å². The molecule has 140 valence electrons. The summed E-state index contributed by atoms with van der Waals surface area (Å²) in [5.41, 5.74) is 1.11. The predicted molar refractivity (Wildman–Crippen MR) is 100.0 cm³/mol. The molecule has 1 aliphatic rings. The number of benzene rings is 1. The Morgan fingerprint density at radius 2 is 1.85 bits per heavy atom. The van der Waals surface area contributed by atoms with Crippen molar-refractivity contribution in [2.75, 3.05) is 13.1 Å². The van der Waals surface area contributed by atoms with Crippen LogP contribution in [-0.2, 0) is 10.0 Å². The van der Waals surface area contributed by atoms with Crippen molar-refractivity contribution in [1.82, 2.24) is 14.3 Å². The maximum atomic E-state index is 12.9. The number of piperidine rings is 1. The minimum absolute atomic E-state index is 0.208. The third-order valence-corrected chi connectivity index (χ3v) is 6.47. The fraction of sp³-hybridized carbons (Fsp3) is 0.444. The van der Waals surface area contributed by atoms with Gasteiger partial charge in [-0.05, 0) is 36.5 Å². The molecule has 26 heavy (non-hydrogen) atoms. The summed E-state index contributed by atoms with van der Waals surface area (Å²) in [6.07, 6.45) is 4.11. The number of aromatic nitrogens is 2. The lowest BCUT2D eigenvalue weighted by Gasteiger charge is -2.31. The predicted octanol–water partition coefficient (Wildman–Crippen LogP) is 3.49. The third kappa shape index (κ3) is 4.34. The van der Waals surface area contributed by atoms with Crippen molar-refractivity contribution in [3.05, 3.63) is 47.2 Å². The topological polar surface area (TPSA) is 72.4 Å². The standard InChI is InChI=1S/C18H22ClN3O3S/c1-13(2)14-5-7-17(8-6-14)26(23,24)22-9-3-4-16(12-22)25-18-20-10-15(19)11-21-18/h5-8,10-11,13,16H,3-4,9,12H2,1-2H3. The Kier molecular flexibility index (Phi) is 5.79. The van der Waals surface area contributed by atoms with Crippen LogP contribution in [0.5, 0.6) is 6.01 Å². The molecule has 2 aromatic rings. The van der Waals surface area contributed by atoms with E-state index in [0.29, 0.717) is 22.4 Å². The van der Waals surface area contributed by atoms with Gasteiger partial charge in [0.2, 0.25) is 10.0 Å². The summed E-state index contributed by atoms with van der Waals surface area (Å²) in [5, 5.41) is 0.426. The molecular weight excluding hydrogens is 374 g/mol. The second kappa shape index (κ2) is 7.90. The van der Waals surface area contributed by atoms with Gasteiger partial charge in [-0.1, -0.05) is 37.6 Å². The van der Waals surface area contributed by atoms with E-state index in [4.69, 9.17) is 16.3 Å². The van der Waals surface area contributed by atoms with Crippen LogP contribution >= 0.6 is 11.6 Å². The number of hydrogen-bond donors (Lipinski definition) is 0. The quantitative estimate of drug-likeness (QED) is 0.774. The van der Waals surface area contributed by atoms with Gasteiger partial charge in [0.25, 0.3) is 0 Å². The molecule has 0 bridgehead atoms. The van der Waals surface area contributed by atoms with E-state index >= 15 is 0 Å². The average Bonchev–Trinajstić information content (AvgIpc) is 2.64. The highest BCUT2D eigenvalue weighted by atomic mass is 35.5. The Morgan fingerprint density at radius 3 is 2.46 bits per heavy atom. The van der Waals surface area contributed by atoms with Gasteiger partial charge in [0.05, 0.1) is 28.9 Å². The molecule has 0 N–H and O–H groups in total. The van der Waals surface area contributed by atoms with E-state index in [9.17, 15) is 8.42 Å². The minimum atomic E-state index is -3.55. The van der Waals surface area contributed by atoms with E-state index < -0.39 is 10.0 Å². The monoisotopic (exact) mass is 395 g/mol. The zero-order valence-electron chi connectivity index (χ0n) is 14.8. The summed E-state index contributed by atoms with van der Waals surface area (Å²) in [6, 6.07) is 7.31. The summed E-state index contributed by atoms with van der Waals surface area (Å²) in [7, 11) is -3.55. The highest BCUT2D eigenvalue weighted by Gasteiger charge is 2.31. The van der Waals surface area contributed by atoms with Crippen LogP contribution in [0.2, 0.25) is 5.02 Å². The molecule has 0 spiro atoms. The van der Waals surface area contributed by atoms with Crippen molar-refractivity contribution in [3.63, 3.8) is 0 Å². The first-order chi connectivity index (χ1) is 12.4. The molecule has 0 amide bonds. The number of nitrogens with zero attached hydrogens (tertiary/aromatic N) is 3. The lowest BCUT2D eigenvalue weighted by Crippen LogP contribution is -2.44. The first-order valence-electron chi connectivity index (χ1n) is 8.60. The van der Waals surface area contributed by atoms with E-state index in [-0.39, 0.29) is 18.7 Å². The van der Waals surface area contributed by atoms with E-state index in [1.807, 2.05) is 12.1 Å². The number of hydrogen-bond acceptors (Lipinski definition) is 5. The van der Waals surface area contributed by atoms with Crippen LogP contribution in [-0.4, -0.2) is 41.9 Å². The molecule has 1 aromatic carbocycles. The zero-order chi connectivity index (χ0) is 18.7. The molecule has 0 aliphatic carbocycles. The van der Waals surface area contributed by atoms with Gasteiger partial charge in [0, 0.05) is 6.54 Å². The van der Waals surface area contributed by atoms with Crippen molar-refractivity contribution >= 4 is 21.6 Å². The van der Waals surface area contributed by atoms with Gasteiger partial charge in [-0.2, -0.15) is 4.31 Å². The van der Waals surface area contributed by atoms with Crippen LogP contribution in [0.1, 0.15) is 38.2 Å². The molecule has 1 unspecified atom stereocenters. The van der Waals surface area contributed by atoms with E-state index in [1.165, 1.54) is 16.7 Å². The Bertz CT molecular complexity index is 839. The van der Waals surface area contributed by atoms with Gasteiger partial charge in [0.1, 0.15) is 6.10 Å². The largest absolute Gasteiger partial charge is 0.459 e. The van der Waals surface area contributed by atoms with Crippen molar-refractivity contribution < 1.29 is 13.2 Å². The number of sulfonamides is 1. The highest BCUT2D eigenvalue weighted by Crippen LogP contribution is 2.24. The van der Waals surface area contributed by atoms with Crippen LogP contribution in [0.3, 0.4) is 0 Å². The summed E-state index contributed by atoms with van der Waals surface area (Å²) in [5.74, 6) is 0.360.